The van der Waals surface area contributed by atoms with Crippen LogP contribution in [-0.4, -0.2) is 98.8 Å². The van der Waals surface area contributed by atoms with Crippen LogP contribution < -0.4 is 4.74 Å². The molecule has 1 saturated heterocycles. The van der Waals surface area contributed by atoms with E-state index in [4.69, 9.17) is 9.15 Å². The molecule has 1 saturated carbocycles. The highest BCUT2D eigenvalue weighted by Gasteiger charge is 2.40. The molecule has 1 aromatic heterocycles. The lowest BCUT2D eigenvalue weighted by Gasteiger charge is -2.36. The molecule has 1 amide bonds. The number of piperazine rings is 1. The first-order valence-electron chi connectivity index (χ1n) is 14.5. The van der Waals surface area contributed by atoms with Crippen LogP contribution in [0.4, 0.5) is 0 Å². The van der Waals surface area contributed by atoms with E-state index in [0.29, 0.717) is 52.2 Å². The highest BCUT2D eigenvalue weighted by atomic mass is 32.2. The van der Waals surface area contributed by atoms with Crippen molar-refractivity contribution in [3.63, 3.8) is 0 Å². The molecular weight excluding hydrogens is 528 g/mol. The Balaban J connectivity index is 1.38. The number of methoxy groups -OCH3 is 1. The van der Waals surface area contributed by atoms with Gasteiger partial charge in [0.15, 0.2) is 0 Å². The van der Waals surface area contributed by atoms with Crippen molar-refractivity contribution in [3.8, 4) is 5.75 Å². The van der Waals surface area contributed by atoms with Gasteiger partial charge in [0.25, 0.3) is 5.91 Å². The van der Waals surface area contributed by atoms with Gasteiger partial charge >= 0.3 is 0 Å². The standard InChI is InChI=1S/C30H46N4O5S/c1-7-25(31(5)8-2)11-12-32-13-15-33(16-14-32)30(35)24-19-28(39-21-24)20-34(26-9-10-26)40(36,37)29-22(3)17-27(38-6)18-23(29)4/h17-19,21,25-26H,7-16,20H2,1-6H3. The van der Waals surface area contributed by atoms with Crippen molar-refractivity contribution in [3.05, 3.63) is 46.9 Å². The predicted octanol–water partition coefficient (Wildman–Crippen LogP) is 4.14. The second kappa shape index (κ2) is 13.1. The van der Waals surface area contributed by atoms with Crippen LogP contribution in [0, 0.1) is 13.8 Å². The number of nitrogens with zero attached hydrogens (tertiary/aromatic N) is 4. The van der Waals surface area contributed by atoms with Crippen LogP contribution in [0.25, 0.3) is 0 Å². The maximum atomic E-state index is 13.8. The van der Waals surface area contributed by atoms with E-state index < -0.39 is 10.0 Å². The normalized spacial score (nSPS) is 17.6. The number of sulfonamides is 1. The molecule has 40 heavy (non-hydrogen) atoms. The molecule has 2 fully saturated rings. The number of ether oxygens (including phenoxy) is 1. The minimum atomic E-state index is -3.77. The Kier molecular flexibility index (Phi) is 9.98. The van der Waals surface area contributed by atoms with Gasteiger partial charge in [0.2, 0.25) is 10.0 Å². The number of aryl methyl sites for hydroxylation is 2. The molecule has 0 N–H and O–H groups in total. The maximum absolute atomic E-state index is 13.8. The summed E-state index contributed by atoms with van der Waals surface area (Å²) in [5.41, 5.74) is 1.78. The molecule has 2 aromatic rings. The fourth-order valence-corrected chi connectivity index (χ4v) is 7.80. The molecule has 222 valence electrons. The Morgan fingerprint density at radius 2 is 1.75 bits per heavy atom. The van der Waals surface area contributed by atoms with E-state index in [2.05, 4.69) is 30.7 Å². The summed E-state index contributed by atoms with van der Waals surface area (Å²) in [6, 6.07) is 5.73. The molecule has 1 atom stereocenters. The van der Waals surface area contributed by atoms with E-state index in [1.54, 1.807) is 39.2 Å². The second-order valence-electron chi connectivity index (χ2n) is 11.2. The number of carbonyl (C=O) groups is 1. The van der Waals surface area contributed by atoms with Gasteiger partial charge in [-0.05, 0) is 89.0 Å². The van der Waals surface area contributed by atoms with Crippen molar-refractivity contribution in [1.82, 2.24) is 19.0 Å². The topological polar surface area (TPSA) is 86.5 Å². The average Bonchev–Trinajstić information content (AvgIpc) is 3.67. The molecule has 4 rings (SSSR count). The minimum Gasteiger partial charge on any atom is -0.497 e. The number of rotatable bonds is 13. The van der Waals surface area contributed by atoms with E-state index in [0.717, 1.165) is 51.9 Å². The Hall–Kier alpha value is -2.40. The van der Waals surface area contributed by atoms with E-state index in [1.165, 1.54) is 10.6 Å². The summed E-state index contributed by atoms with van der Waals surface area (Å²) >= 11 is 0. The van der Waals surface area contributed by atoms with Crippen LogP contribution in [0.3, 0.4) is 0 Å². The lowest BCUT2D eigenvalue weighted by molar-refractivity contribution is 0.0623. The van der Waals surface area contributed by atoms with Crippen molar-refractivity contribution in [2.24, 2.45) is 0 Å². The van der Waals surface area contributed by atoms with Crippen LogP contribution in [0.2, 0.25) is 0 Å². The predicted molar refractivity (Wildman–Crippen MR) is 156 cm³/mol. The van der Waals surface area contributed by atoms with Crippen LogP contribution in [-0.2, 0) is 16.6 Å². The molecule has 1 aliphatic heterocycles. The molecule has 2 heterocycles. The Bertz CT molecular complexity index is 1240. The minimum absolute atomic E-state index is 0.0607. The van der Waals surface area contributed by atoms with Gasteiger partial charge in [-0.3, -0.25) is 9.69 Å². The monoisotopic (exact) mass is 574 g/mol. The largest absolute Gasteiger partial charge is 0.497 e. The maximum Gasteiger partial charge on any atom is 0.257 e. The quantitative estimate of drug-likeness (QED) is 0.356. The molecule has 0 spiro atoms. The van der Waals surface area contributed by atoms with Gasteiger partial charge in [0, 0.05) is 38.3 Å². The fourth-order valence-electron chi connectivity index (χ4n) is 5.74. The van der Waals surface area contributed by atoms with Crippen LogP contribution in [0.1, 0.15) is 66.8 Å². The van der Waals surface area contributed by atoms with Gasteiger partial charge in [-0.2, -0.15) is 4.31 Å². The smallest absolute Gasteiger partial charge is 0.257 e. The van der Waals surface area contributed by atoms with Gasteiger partial charge in [-0.1, -0.05) is 13.8 Å². The van der Waals surface area contributed by atoms with Crippen LogP contribution in [0.15, 0.2) is 33.8 Å². The highest BCUT2D eigenvalue weighted by molar-refractivity contribution is 7.89. The summed E-state index contributed by atoms with van der Waals surface area (Å²) in [5.74, 6) is 1.05. The van der Waals surface area contributed by atoms with Crippen molar-refractivity contribution >= 4 is 15.9 Å². The zero-order valence-corrected chi connectivity index (χ0v) is 25.8. The van der Waals surface area contributed by atoms with E-state index in [-0.39, 0.29) is 18.5 Å². The number of hydrogen-bond donors (Lipinski definition) is 0. The van der Waals surface area contributed by atoms with Gasteiger partial charge in [-0.25, -0.2) is 8.42 Å². The first-order chi connectivity index (χ1) is 19.1. The average molecular weight is 575 g/mol. The first-order valence-corrected chi connectivity index (χ1v) is 16.0. The van der Waals surface area contributed by atoms with E-state index in [1.807, 2.05) is 4.90 Å². The molecule has 0 bridgehead atoms. The van der Waals surface area contributed by atoms with Crippen LogP contribution in [0.5, 0.6) is 5.75 Å². The summed E-state index contributed by atoms with van der Waals surface area (Å²) in [6.45, 7) is 13.3. The van der Waals surface area contributed by atoms with Crippen molar-refractivity contribution in [2.75, 3.05) is 53.4 Å². The zero-order valence-electron chi connectivity index (χ0n) is 25.0. The number of benzene rings is 1. The van der Waals surface area contributed by atoms with Crippen molar-refractivity contribution in [2.45, 2.75) is 76.9 Å². The third kappa shape index (κ3) is 6.90. The lowest BCUT2D eigenvalue weighted by atomic mass is 10.1. The van der Waals surface area contributed by atoms with Gasteiger partial charge in [0.05, 0.1) is 24.1 Å². The lowest BCUT2D eigenvalue weighted by Crippen LogP contribution is -2.49. The molecule has 1 aliphatic carbocycles. The Labute approximate surface area is 240 Å². The van der Waals surface area contributed by atoms with Crippen molar-refractivity contribution in [1.29, 1.82) is 0 Å². The molecule has 1 unspecified atom stereocenters. The fraction of sp³-hybridized carbons (Fsp3) is 0.633. The number of carbonyl (C=O) groups excluding carboxylic acids is 1. The second-order valence-corrected chi connectivity index (χ2v) is 13.1. The molecule has 0 radical (unpaired) electrons. The summed E-state index contributed by atoms with van der Waals surface area (Å²) in [7, 11) is -0.00907. The summed E-state index contributed by atoms with van der Waals surface area (Å²) in [4.78, 5) is 20.3. The number of hydrogen-bond acceptors (Lipinski definition) is 7. The molecule has 1 aromatic carbocycles. The van der Waals surface area contributed by atoms with Crippen LogP contribution >= 0.6 is 0 Å². The molecule has 2 aliphatic rings. The number of furan rings is 1. The zero-order chi connectivity index (χ0) is 29.0. The molecular formula is C30H46N4O5S. The molecule has 9 nitrogen and oxygen atoms in total. The number of amides is 1. The van der Waals surface area contributed by atoms with Gasteiger partial charge < -0.3 is 19.0 Å². The third-order valence-corrected chi connectivity index (χ3v) is 10.6. The first kappa shape index (κ1) is 30.6. The summed E-state index contributed by atoms with van der Waals surface area (Å²) in [5, 5.41) is 0. The third-order valence-electron chi connectivity index (χ3n) is 8.43. The Morgan fingerprint density at radius 1 is 1.10 bits per heavy atom. The molecule has 10 heteroatoms. The van der Waals surface area contributed by atoms with Gasteiger partial charge in [0.1, 0.15) is 17.8 Å². The summed E-state index contributed by atoms with van der Waals surface area (Å²) in [6.07, 6.45) is 5.38. The van der Waals surface area contributed by atoms with Gasteiger partial charge in [-0.15, -0.1) is 0 Å². The van der Waals surface area contributed by atoms with Crippen molar-refractivity contribution < 1.29 is 22.4 Å². The van der Waals surface area contributed by atoms with E-state index in [9.17, 15) is 13.2 Å². The summed E-state index contributed by atoms with van der Waals surface area (Å²) < 4.78 is 40.2. The SMILES string of the molecule is CCC(CCN1CCN(C(=O)c2coc(CN(C3CC3)S(=O)(=O)c3c(C)cc(OC)cc3C)c2)CC1)N(C)CC. The Morgan fingerprint density at radius 3 is 2.30 bits per heavy atom. The van der Waals surface area contributed by atoms with E-state index >= 15 is 0 Å². The highest BCUT2D eigenvalue weighted by Crippen LogP contribution is 2.36.